The van der Waals surface area contributed by atoms with Crippen molar-refractivity contribution in [3.8, 4) is 0 Å². The number of carbonyl (C=O) groups is 1. The van der Waals surface area contributed by atoms with Crippen molar-refractivity contribution >= 4 is 21.7 Å². The number of hydrogen-bond donors (Lipinski definition) is 1. The van der Waals surface area contributed by atoms with Crippen LogP contribution in [0.4, 0.5) is 5.69 Å². The third-order valence-corrected chi connectivity index (χ3v) is 4.60. The first-order chi connectivity index (χ1) is 9.75. The molecule has 1 aromatic rings. The lowest BCUT2D eigenvalue weighted by molar-refractivity contribution is -0.384. The van der Waals surface area contributed by atoms with Crippen LogP contribution in [0, 0.1) is 10.1 Å². The van der Waals surface area contributed by atoms with E-state index in [1.54, 1.807) is 0 Å². The summed E-state index contributed by atoms with van der Waals surface area (Å²) in [5.41, 5.74) is -0.865. The Morgan fingerprint density at radius 3 is 2.57 bits per heavy atom. The van der Waals surface area contributed by atoms with Gasteiger partial charge in [-0.2, -0.15) is 4.31 Å². The molecular formula is C11H14N2O7S. The minimum atomic E-state index is -4.08. The number of likely N-dealkylation sites (N-methyl/N-ethyl adjacent to an activating group) is 1. The number of non-ortho nitro benzene ring substituents is 1. The third-order valence-electron chi connectivity index (χ3n) is 2.68. The second-order valence-corrected chi connectivity index (χ2v) is 5.99. The number of aliphatic hydroxyl groups is 1. The highest BCUT2D eigenvalue weighted by atomic mass is 32.2. The van der Waals surface area contributed by atoms with Gasteiger partial charge in [-0.25, -0.2) is 13.2 Å². The Morgan fingerprint density at radius 1 is 1.48 bits per heavy atom. The number of nitro benzene ring substituents is 1. The molecule has 0 aliphatic heterocycles. The second kappa shape index (κ2) is 6.61. The van der Waals surface area contributed by atoms with Gasteiger partial charge in [0.2, 0.25) is 10.0 Å². The van der Waals surface area contributed by atoms with Gasteiger partial charge in [-0.1, -0.05) is 0 Å². The zero-order chi connectivity index (χ0) is 16.2. The van der Waals surface area contributed by atoms with E-state index in [4.69, 9.17) is 5.11 Å². The van der Waals surface area contributed by atoms with Crippen LogP contribution in [-0.4, -0.2) is 56.0 Å². The molecule has 0 bridgehead atoms. The van der Waals surface area contributed by atoms with Gasteiger partial charge in [0.1, 0.15) is 0 Å². The average Bonchev–Trinajstić information content (AvgIpc) is 2.45. The van der Waals surface area contributed by atoms with E-state index in [0.717, 1.165) is 29.6 Å². The van der Waals surface area contributed by atoms with Gasteiger partial charge in [-0.3, -0.25) is 10.1 Å². The number of hydrogen-bond acceptors (Lipinski definition) is 7. The number of nitro groups is 1. The Balaban J connectivity index is 3.48. The molecule has 0 atom stereocenters. The minimum absolute atomic E-state index is 0.181. The number of ether oxygens (including phenoxy) is 1. The van der Waals surface area contributed by atoms with Gasteiger partial charge in [-0.05, 0) is 6.07 Å². The Labute approximate surface area is 120 Å². The highest BCUT2D eigenvalue weighted by Gasteiger charge is 2.28. The van der Waals surface area contributed by atoms with Gasteiger partial charge in [-0.15, -0.1) is 0 Å². The van der Waals surface area contributed by atoms with E-state index >= 15 is 0 Å². The van der Waals surface area contributed by atoms with Gasteiger partial charge in [0, 0.05) is 25.7 Å². The molecule has 0 unspecified atom stereocenters. The van der Waals surface area contributed by atoms with Crippen molar-refractivity contribution in [2.45, 2.75) is 4.90 Å². The summed E-state index contributed by atoms with van der Waals surface area (Å²) in [6.07, 6.45) is 0. The van der Waals surface area contributed by atoms with Crippen LogP contribution in [-0.2, 0) is 14.8 Å². The predicted molar refractivity (Wildman–Crippen MR) is 71.3 cm³/mol. The van der Waals surface area contributed by atoms with E-state index < -0.39 is 43.7 Å². The monoisotopic (exact) mass is 318 g/mol. The molecule has 0 saturated carbocycles. The van der Waals surface area contributed by atoms with Crippen molar-refractivity contribution in [3.05, 3.63) is 33.9 Å². The third kappa shape index (κ3) is 3.54. The molecule has 0 aromatic heterocycles. The van der Waals surface area contributed by atoms with Crippen LogP contribution in [0.3, 0.4) is 0 Å². The zero-order valence-corrected chi connectivity index (χ0v) is 12.2. The molecule has 0 spiro atoms. The van der Waals surface area contributed by atoms with Gasteiger partial charge < -0.3 is 9.84 Å². The molecule has 0 heterocycles. The summed E-state index contributed by atoms with van der Waals surface area (Å²) in [6, 6.07) is 2.78. The summed E-state index contributed by atoms with van der Waals surface area (Å²) < 4.78 is 29.8. The van der Waals surface area contributed by atoms with Crippen LogP contribution in [0.15, 0.2) is 23.1 Å². The SMILES string of the molecule is COC(=O)c1cc([N+](=O)[O-])ccc1S(=O)(=O)N(C)CCO. The van der Waals surface area contributed by atoms with Gasteiger partial charge in [0.05, 0.1) is 29.1 Å². The smallest absolute Gasteiger partial charge is 0.339 e. The van der Waals surface area contributed by atoms with Crippen molar-refractivity contribution in [2.75, 3.05) is 27.3 Å². The van der Waals surface area contributed by atoms with E-state index in [9.17, 15) is 23.3 Å². The van der Waals surface area contributed by atoms with E-state index in [2.05, 4.69) is 4.74 Å². The fourth-order valence-corrected chi connectivity index (χ4v) is 2.87. The molecule has 0 aliphatic rings. The van der Waals surface area contributed by atoms with Crippen LogP contribution in [0.25, 0.3) is 0 Å². The maximum Gasteiger partial charge on any atom is 0.339 e. The number of methoxy groups -OCH3 is 1. The molecule has 0 amide bonds. The van der Waals surface area contributed by atoms with E-state index in [-0.39, 0.29) is 6.54 Å². The van der Waals surface area contributed by atoms with Crippen molar-refractivity contribution < 1.29 is 28.0 Å². The van der Waals surface area contributed by atoms with Crippen molar-refractivity contribution in [3.63, 3.8) is 0 Å². The first-order valence-electron chi connectivity index (χ1n) is 5.69. The summed E-state index contributed by atoms with van der Waals surface area (Å²) in [6.45, 7) is -0.587. The largest absolute Gasteiger partial charge is 0.465 e. The van der Waals surface area contributed by atoms with Crippen LogP contribution in [0.1, 0.15) is 10.4 Å². The number of nitrogens with zero attached hydrogens (tertiary/aromatic N) is 2. The number of carbonyl (C=O) groups excluding carboxylic acids is 1. The van der Waals surface area contributed by atoms with Crippen LogP contribution in [0.5, 0.6) is 0 Å². The molecule has 0 aliphatic carbocycles. The quantitative estimate of drug-likeness (QED) is 0.444. The maximum atomic E-state index is 12.3. The highest BCUT2D eigenvalue weighted by Crippen LogP contribution is 2.24. The number of esters is 1. The Bertz CT molecular complexity index is 657. The van der Waals surface area contributed by atoms with Gasteiger partial charge in [0.15, 0.2) is 0 Å². The maximum absolute atomic E-state index is 12.3. The summed E-state index contributed by atoms with van der Waals surface area (Å²) in [4.78, 5) is 21.2. The molecule has 0 radical (unpaired) electrons. The van der Waals surface area contributed by atoms with Crippen LogP contribution >= 0.6 is 0 Å². The number of rotatable bonds is 6. The van der Waals surface area contributed by atoms with E-state index in [0.29, 0.717) is 0 Å². The Morgan fingerprint density at radius 2 is 2.10 bits per heavy atom. The summed E-state index contributed by atoms with van der Waals surface area (Å²) in [7, 11) is -1.83. The molecular weight excluding hydrogens is 304 g/mol. The standard InChI is InChI=1S/C11H14N2O7S/c1-12(5-6-14)21(18,19)10-4-3-8(13(16)17)7-9(10)11(15)20-2/h3-4,7,14H,5-6H2,1-2H3. The zero-order valence-electron chi connectivity index (χ0n) is 11.3. The molecule has 0 fully saturated rings. The molecule has 9 nitrogen and oxygen atoms in total. The lowest BCUT2D eigenvalue weighted by Gasteiger charge is -2.17. The summed E-state index contributed by atoms with van der Waals surface area (Å²) in [5.74, 6) is -1.00. The molecule has 1 N–H and O–H groups in total. The number of sulfonamides is 1. The molecule has 116 valence electrons. The van der Waals surface area contributed by atoms with Crippen molar-refractivity contribution in [1.29, 1.82) is 0 Å². The summed E-state index contributed by atoms with van der Waals surface area (Å²) >= 11 is 0. The number of benzene rings is 1. The highest BCUT2D eigenvalue weighted by molar-refractivity contribution is 7.89. The average molecular weight is 318 g/mol. The fourth-order valence-electron chi connectivity index (χ4n) is 1.55. The predicted octanol–water partition coefficient (Wildman–Crippen LogP) is -0.00580. The minimum Gasteiger partial charge on any atom is -0.465 e. The Kier molecular flexibility index (Phi) is 5.35. The van der Waals surface area contributed by atoms with Crippen molar-refractivity contribution in [2.24, 2.45) is 0 Å². The first kappa shape index (κ1) is 17.0. The summed E-state index contributed by atoms with van der Waals surface area (Å²) in [5, 5.41) is 19.5. The molecule has 21 heavy (non-hydrogen) atoms. The van der Waals surface area contributed by atoms with Gasteiger partial charge >= 0.3 is 5.97 Å². The molecule has 10 heteroatoms. The normalized spacial score (nSPS) is 11.4. The van der Waals surface area contributed by atoms with Crippen molar-refractivity contribution in [1.82, 2.24) is 4.31 Å². The first-order valence-corrected chi connectivity index (χ1v) is 7.13. The Hall–Kier alpha value is -2.04. The van der Waals surface area contributed by atoms with E-state index in [1.165, 1.54) is 7.05 Å². The topological polar surface area (TPSA) is 127 Å². The molecule has 0 saturated heterocycles. The number of aliphatic hydroxyl groups excluding tert-OH is 1. The molecule has 1 rings (SSSR count). The molecule has 1 aromatic carbocycles. The second-order valence-electron chi connectivity index (χ2n) is 3.98. The van der Waals surface area contributed by atoms with E-state index in [1.807, 2.05) is 0 Å². The van der Waals surface area contributed by atoms with Crippen LogP contribution < -0.4 is 0 Å². The lowest BCUT2D eigenvalue weighted by Crippen LogP contribution is -2.31. The lowest BCUT2D eigenvalue weighted by atomic mass is 10.2. The fraction of sp³-hybridized carbons (Fsp3) is 0.364. The van der Waals surface area contributed by atoms with Crippen LogP contribution in [0.2, 0.25) is 0 Å². The van der Waals surface area contributed by atoms with Gasteiger partial charge in [0.25, 0.3) is 5.69 Å².